The molecule has 0 heterocycles. The predicted octanol–water partition coefficient (Wildman–Crippen LogP) is 4.25. The van der Waals surface area contributed by atoms with Crippen molar-refractivity contribution in [1.29, 1.82) is 5.26 Å². The van der Waals surface area contributed by atoms with E-state index in [9.17, 15) is 5.26 Å². The van der Waals surface area contributed by atoms with E-state index in [0.29, 0.717) is 5.92 Å². The van der Waals surface area contributed by atoms with E-state index < -0.39 is 0 Å². The van der Waals surface area contributed by atoms with Crippen molar-refractivity contribution < 1.29 is 0 Å². The van der Waals surface area contributed by atoms with Gasteiger partial charge in [0.1, 0.15) is 0 Å². The minimum absolute atomic E-state index is 0.141. The fourth-order valence-corrected chi connectivity index (χ4v) is 3.44. The molecule has 1 aliphatic carbocycles. The summed E-state index contributed by atoms with van der Waals surface area (Å²) in [5.74, 6) is 0.601. The Bertz CT molecular complexity index is 349. The lowest BCUT2D eigenvalue weighted by Crippen LogP contribution is -2.18. The maximum Gasteiger partial charge on any atom is 0.0991 e. The van der Waals surface area contributed by atoms with Crippen LogP contribution in [0.4, 0.5) is 0 Å². The minimum atomic E-state index is 0.141. The van der Waals surface area contributed by atoms with Crippen molar-refractivity contribution in [2.24, 2.45) is 5.92 Å². The summed E-state index contributed by atoms with van der Waals surface area (Å²) in [6, 6.07) is 12.8. The molecule has 1 nitrogen and oxygen atoms in total. The van der Waals surface area contributed by atoms with Crippen LogP contribution >= 0.6 is 11.8 Å². The molecule has 1 saturated carbocycles. The largest absolute Gasteiger partial charge is 0.197 e. The van der Waals surface area contributed by atoms with E-state index in [1.807, 2.05) is 18.2 Å². The van der Waals surface area contributed by atoms with Gasteiger partial charge in [0.25, 0.3) is 0 Å². The Balaban J connectivity index is 1.98. The lowest BCUT2D eigenvalue weighted by molar-refractivity contribution is 0.370. The van der Waals surface area contributed by atoms with E-state index in [2.05, 4.69) is 18.2 Å². The molecule has 0 saturated heterocycles. The summed E-state index contributed by atoms with van der Waals surface area (Å²) in [6.07, 6.45) is 6.43. The predicted molar refractivity (Wildman–Crippen MR) is 68.3 cm³/mol. The molecule has 84 valence electrons. The van der Waals surface area contributed by atoms with Crippen molar-refractivity contribution in [3.05, 3.63) is 30.3 Å². The van der Waals surface area contributed by atoms with Crippen molar-refractivity contribution in [2.75, 3.05) is 0 Å². The normalized spacial score (nSPS) is 18.9. The van der Waals surface area contributed by atoms with Gasteiger partial charge in [-0.15, -0.1) is 11.8 Å². The smallest absolute Gasteiger partial charge is 0.0991 e. The fraction of sp³-hybridized carbons (Fsp3) is 0.500. The van der Waals surface area contributed by atoms with Gasteiger partial charge in [-0.1, -0.05) is 37.5 Å². The maximum absolute atomic E-state index is 9.27. The van der Waals surface area contributed by atoms with Gasteiger partial charge < -0.3 is 0 Å². The monoisotopic (exact) mass is 231 g/mol. The summed E-state index contributed by atoms with van der Waals surface area (Å²) in [7, 11) is 0. The zero-order valence-corrected chi connectivity index (χ0v) is 10.2. The highest BCUT2D eigenvalue weighted by atomic mass is 32.2. The molecule has 2 rings (SSSR count). The number of rotatable bonds is 3. The third kappa shape index (κ3) is 3.02. The van der Waals surface area contributed by atoms with Crippen LogP contribution in [0.3, 0.4) is 0 Å². The second-order valence-electron chi connectivity index (χ2n) is 4.38. The number of hydrogen-bond donors (Lipinski definition) is 0. The number of nitriles is 1. The first-order valence-corrected chi connectivity index (χ1v) is 6.89. The van der Waals surface area contributed by atoms with Gasteiger partial charge >= 0.3 is 0 Å². The van der Waals surface area contributed by atoms with Gasteiger partial charge in [-0.3, -0.25) is 0 Å². The molecule has 0 aliphatic heterocycles. The first-order chi connectivity index (χ1) is 7.90. The van der Waals surface area contributed by atoms with Crippen molar-refractivity contribution >= 4 is 11.8 Å². The number of hydrogen-bond acceptors (Lipinski definition) is 2. The fourth-order valence-electron chi connectivity index (χ4n) is 2.31. The summed E-state index contributed by atoms with van der Waals surface area (Å²) >= 11 is 1.73. The van der Waals surface area contributed by atoms with Crippen LogP contribution in [0.25, 0.3) is 0 Å². The van der Waals surface area contributed by atoms with Gasteiger partial charge in [-0.05, 0) is 30.9 Å². The average Bonchev–Trinajstić information content (AvgIpc) is 2.38. The van der Waals surface area contributed by atoms with Crippen LogP contribution in [0.15, 0.2) is 35.2 Å². The molecule has 1 fully saturated rings. The topological polar surface area (TPSA) is 23.8 Å². The molecule has 0 N–H and O–H groups in total. The number of benzene rings is 1. The standard InChI is InChI=1S/C14H17NS/c15-11-14(12-7-3-1-4-8-12)16-13-9-5-2-6-10-13/h2,5-6,9-10,12,14H,1,3-4,7-8H2/t14-/m1/s1. The highest BCUT2D eigenvalue weighted by Crippen LogP contribution is 2.35. The molecular formula is C14H17NS. The summed E-state index contributed by atoms with van der Waals surface area (Å²) < 4.78 is 0. The van der Waals surface area contributed by atoms with Crippen molar-refractivity contribution in [3.63, 3.8) is 0 Å². The molecule has 0 aromatic heterocycles. The molecule has 0 spiro atoms. The van der Waals surface area contributed by atoms with Crippen LogP contribution in [0.1, 0.15) is 32.1 Å². The van der Waals surface area contributed by atoms with E-state index in [1.54, 1.807) is 11.8 Å². The summed E-state index contributed by atoms with van der Waals surface area (Å²) in [5, 5.41) is 9.41. The first kappa shape index (κ1) is 11.5. The zero-order chi connectivity index (χ0) is 11.2. The molecular weight excluding hydrogens is 214 g/mol. The van der Waals surface area contributed by atoms with Crippen LogP contribution in [0.2, 0.25) is 0 Å². The Hall–Kier alpha value is -0.940. The van der Waals surface area contributed by atoms with Crippen molar-refractivity contribution in [3.8, 4) is 6.07 Å². The first-order valence-electron chi connectivity index (χ1n) is 6.01. The summed E-state index contributed by atoms with van der Waals surface area (Å²) in [4.78, 5) is 1.22. The SMILES string of the molecule is N#C[C@@H](Sc1ccccc1)C1CCCCC1. The van der Waals surface area contributed by atoms with Gasteiger partial charge in [0.15, 0.2) is 0 Å². The van der Waals surface area contributed by atoms with E-state index in [4.69, 9.17) is 0 Å². The molecule has 0 bridgehead atoms. The highest BCUT2D eigenvalue weighted by Gasteiger charge is 2.24. The van der Waals surface area contributed by atoms with Gasteiger partial charge in [0.2, 0.25) is 0 Å². The summed E-state index contributed by atoms with van der Waals surface area (Å²) in [6.45, 7) is 0. The Morgan fingerprint density at radius 3 is 2.44 bits per heavy atom. The van der Waals surface area contributed by atoms with E-state index >= 15 is 0 Å². The number of nitrogens with zero attached hydrogens (tertiary/aromatic N) is 1. The molecule has 1 atom stereocenters. The Morgan fingerprint density at radius 1 is 1.12 bits per heavy atom. The average molecular weight is 231 g/mol. The maximum atomic E-state index is 9.27. The summed E-state index contributed by atoms with van der Waals surface area (Å²) in [5.41, 5.74) is 0. The van der Waals surface area contributed by atoms with Crippen LogP contribution in [-0.4, -0.2) is 5.25 Å². The Morgan fingerprint density at radius 2 is 1.81 bits per heavy atom. The molecule has 1 aromatic carbocycles. The number of thioether (sulfide) groups is 1. The van der Waals surface area contributed by atoms with E-state index in [0.717, 1.165) is 0 Å². The van der Waals surface area contributed by atoms with Crippen LogP contribution in [-0.2, 0) is 0 Å². The van der Waals surface area contributed by atoms with Crippen LogP contribution < -0.4 is 0 Å². The zero-order valence-electron chi connectivity index (χ0n) is 9.43. The Labute approximate surface area is 102 Å². The second-order valence-corrected chi connectivity index (χ2v) is 5.59. The molecule has 16 heavy (non-hydrogen) atoms. The van der Waals surface area contributed by atoms with Gasteiger partial charge in [0, 0.05) is 4.90 Å². The Kier molecular flexibility index (Phi) is 4.30. The van der Waals surface area contributed by atoms with E-state index in [1.165, 1.54) is 37.0 Å². The van der Waals surface area contributed by atoms with Gasteiger partial charge in [-0.2, -0.15) is 5.26 Å². The van der Waals surface area contributed by atoms with E-state index in [-0.39, 0.29) is 5.25 Å². The van der Waals surface area contributed by atoms with Gasteiger partial charge in [0.05, 0.1) is 11.3 Å². The quantitative estimate of drug-likeness (QED) is 0.726. The molecule has 2 heteroatoms. The van der Waals surface area contributed by atoms with Crippen LogP contribution in [0.5, 0.6) is 0 Å². The van der Waals surface area contributed by atoms with Crippen LogP contribution in [0, 0.1) is 17.2 Å². The van der Waals surface area contributed by atoms with Crippen molar-refractivity contribution in [2.45, 2.75) is 42.2 Å². The molecule has 0 amide bonds. The third-order valence-electron chi connectivity index (χ3n) is 3.21. The molecule has 1 aromatic rings. The molecule has 0 unspecified atom stereocenters. The third-order valence-corrected chi connectivity index (χ3v) is 4.50. The molecule has 1 aliphatic rings. The highest BCUT2D eigenvalue weighted by molar-refractivity contribution is 8.00. The molecule has 0 radical (unpaired) electrons. The lowest BCUT2D eigenvalue weighted by Gasteiger charge is -2.25. The second kappa shape index (κ2) is 5.96. The lowest BCUT2D eigenvalue weighted by atomic mass is 9.87. The van der Waals surface area contributed by atoms with Crippen molar-refractivity contribution in [1.82, 2.24) is 0 Å². The minimum Gasteiger partial charge on any atom is -0.197 e. The van der Waals surface area contributed by atoms with Gasteiger partial charge in [-0.25, -0.2) is 0 Å².